The molecule has 0 aliphatic heterocycles. The normalized spacial score (nSPS) is 10.8. The van der Waals surface area contributed by atoms with E-state index < -0.39 is 0 Å². The highest BCUT2D eigenvalue weighted by molar-refractivity contribution is 9.10. The summed E-state index contributed by atoms with van der Waals surface area (Å²) in [4.78, 5) is 4.57. The van der Waals surface area contributed by atoms with Gasteiger partial charge in [0.05, 0.1) is 17.8 Å². The highest BCUT2D eigenvalue weighted by atomic mass is 79.9. The minimum atomic E-state index is -0.0556. The molecule has 3 rings (SSSR count). The van der Waals surface area contributed by atoms with E-state index in [0.29, 0.717) is 12.4 Å². The van der Waals surface area contributed by atoms with Crippen LogP contribution in [0.5, 0.6) is 5.75 Å². The van der Waals surface area contributed by atoms with Crippen molar-refractivity contribution < 1.29 is 9.84 Å². The van der Waals surface area contributed by atoms with Crippen LogP contribution in [-0.2, 0) is 13.2 Å². The van der Waals surface area contributed by atoms with Crippen molar-refractivity contribution in [1.29, 1.82) is 0 Å². The van der Waals surface area contributed by atoms with E-state index in [1.807, 2.05) is 54.6 Å². The minimum Gasteiger partial charge on any atom is -0.487 e. The number of para-hydroxylation sites is 1. The summed E-state index contributed by atoms with van der Waals surface area (Å²) in [5.74, 6) is 0.677. The molecule has 0 unspecified atom stereocenters. The minimum absolute atomic E-state index is 0.0556. The Morgan fingerprint density at radius 1 is 1.05 bits per heavy atom. The fourth-order valence-corrected chi connectivity index (χ4v) is 2.56. The summed E-state index contributed by atoms with van der Waals surface area (Å²) in [7, 11) is 0. The molecule has 3 aromatic rings. The maximum atomic E-state index is 9.36. The number of hydrogen-bond donors (Lipinski definition) is 1. The monoisotopic (exact) mass is 343 g/mol. The Bertz CT molecular complexity index is 774. The number of benzene rings is 2. The smallest absolute Gasteiger partial charge is 0.130 e. The van der Waals surface area contributed by atoms with Crippen LogP contribution >= 0.6 is 15.9 Å². The van der Waals surface area contributed by atoms with E-state index >= 15 is 0 Å². The van der Waals surface area contributed by atoms with Gasteiger partial charge >= 0.3 is 0 Å². The average Bonchev–Trinajstić information content (AvgIpc) is 2.53. The predicted molar refractivity (Wildman–Crippen MR) is 86.1 cm³/mol. The number of pyridine rings is 1. The van der Waals surface area contributed by atoms with Crippen molar-refractivity contribution in [1.82, 2.24) is 4.98 Å². The van der Waals surface area contributed by atoms with Crippen LogP contribution in [0.25, 0.3) is 10.9 Å². The fraction of sp³-hybridized carbons (Fsp3) is 0.118. The van der Waals surface area contributed by atoms with E-state index in [0.717, 1.165) is 26.6 Å². The zero-order valence-corrected chi connectivity index (χ0v) is 12.9. The maximum Gasteiger partial charge on any atom is 0.130 e. The molecule has 1 aromatic heterocycles. The molecule has 0 bridgehead atoms. The Morgan fingerprint density at radius 2 is 1.90 bits per heavy atom. The van der Waals surface area contributed by atoms with Gasteiger partial charge in [0.15, 0.2) is 0 Å². The lowest BCUT2D eigenvalue weighted by Gasteiger charge is -2.10. The van der Waals surface area contributed by atoms with Gasteiger partial charge < -0.3 is 9.84 Å². The van der Waals surface area contributed by atoms with E-state index in [4.69, 9.17) is 4.74 Å². The predicted octanol–water partition coefficient (Wildman–Crippen LogP) is 4.07. The number of rotatable bonds is 4. The van der Waals surface area contributed by atoms with Gasteiger partial charge in [0.2, 0.25) is 0 Å². The van der Waals surface area contributed by atoms with Crippen LogP contribution in [-0.4, -0.2) is 10.1 Å². The van der Waals surface area contributed by atoms with Gasteiger partial charge in [-0.3, -0.25) is 0 Å². The summed E-state index contributed by atoms with van der Waals surface area (Å²) in [6.45, 7) is 0.319. The number of nitrogens with zero attached hydrogens (tertiary/aromatic N) is 1. The molecule has 0 radical (unpaired) electrons. The molecule has 106 valence electrons. The van der Waals surface area contributed by atoms with Crippen molar-refractivity contribution in [2.75, 3.05) is 0 Å². The number of aromatic nitrogens is 1. The molecule has 1 heterocycles. The van der Waals surface area contributed by atoms with Gasteiger partial charge in [-0.05, 0) is 30.3 Å². The van der Waals surface area contributed by atoms with Gasteiger partial charge in [-0.2, -0.15) is 0 Å². The van der Waals surface area contributed by atoms with Crippen molar-refractivity contribution in [2.45, 2.75) is 13.2 Å². The third-order valence-corrected chi connectivity index (χ3v) is 3.72. The van der Waals surface area contributed by atoms with Gasteiger partial charge in [0, 0.05) is 15.4 Å². The van der Waals surface area contributed by atoms with E-state index in [1.165, 1.54) is 0 Å². The molecule has 0 atom stereocenters. The van der Waals surface area contributed by atoms with Crippen LogP contribution in [0.15, 0.2) is 59.1 Å². The van der Waals surface area contributed by atoms with Crippen LogP contribution < -0.4 is 4.74 Å². The largest absolute Gasteiger partial charge is 0.487 e. The molecular formula is C17H14BrNO2. The van der Waals surface area contributed by atoms with Crippen molar-refractivity contribution in [3.05, 3.63) is 70.3 Å². The summed E-state index contributed by atoms with van der Waals surface area (Å²) >= 11 is 3.38. The summed E-state index contributed by atoms with van der Waals surface area (Å²) in [6.07, 6.45) is 0. The topological polar surface area (TPSA) is 42.4 Å². The molecular weight excluding hydrogens is 330 g/mol. The van der Waals surface area contributed by atoms with E-state index in [1.54, 1.807) is 0 Å². The summed E-state index contributed by atoms with van der Waals surface area (Å²) in [6, 6.07) is 17.6. The van der Waals surface area contributed by atoms with Gasteiger partial charge in [-0.15, -0.1) is 0 Å². The fourth-order valence-electron chi connectivity index (χ4n) is 2.15. The van der Waals surface area contributed by atoms with Gasteiger partial charge in [-0.1, -0.05) is 40.2 Å². The molecule has 4 heteroatoms. The molecule has 1 N–H and O–H groups in total. The number of ether oxygens (including phenoxy) is 1. The molecule has 0 saturated carbocycles. The Hall–Kier alpha value is -1.91. The Morgan fingerprint density at radius 3 is 2.76 bits per heavy atom. The van der Waals surface area contributed by atoms with Crippen molar-refractivity contribution in [3.8, 4) is 5.75 Å². The van der Waals surface area contributed by atoms with Crippen molar-refractivity contribution >= 4 is 26.8 Å². The molecule has 3 nitrogen and oxygen atoms in total. The average molecular weight is 344 g/mol. The molecule has 21 heavy (non-hydrogen) atoms. The Labute approximate surface area is 131 Å². The van der Waals surface area contributed by atoms with Gasteiger partial charge in [0.25, 0.3) is 0 Å². The molecule has 2 aromatic carbocycles. The summed E-state index contributed by atoms with van der Waals surface area (Å²) < 4.78 is 6.69. The number of hydrogen-bond acceptors (Lipinski definition) is 3. The molecule has 0 aliphatic rings. The van der Waals surface area contributed by atoms with E-state index in [2.05, 4.69) is 20.9 Å². The molecule has 0 aliphatic carbocycles. The number of aliphatic hydroxyl groups is 1. The summed E-state index contributed by atoms with van der Waals surface area (Å²) in [5, 5.41) is 10.5. The maximum absolute atomic E-state index is 9.36. The van der Waals surface area contributed by atoms with E-state index in [-0.39, 0.29) is 6.61 Å². The van der Waals surface area contributed by atoms with Crippen LogP contribution in [0.1, 0.15) is 11.3 Å². The lowest BCUT2D eigenvalue weighted by molar-refractivity contribution is 0.257. The molecule has 0 fully saturated rings. The summed E-state index contributed by atoms with van der Waals surface area (Å²) in [5.41, 5.74) is 2.57. The highest BCUT2D eigenvalue weighted by Crippen LogP contribution is 2.24. The lowest BCUT2D eigenvalue weighted by Crippen LogP contribution is -2.01. The molecule has 0 saturated heterocycles. The zero-order chi connectivity index (χ0) is 14.7. The van der Waals surface area contributed by atoms with Crippen LogP contribution in [0.4, 0.5) is 0 Å². The first kappa shape index (κ1) is 14.0. The first-order valence-corrected chi connectivity index (χ1v) is 7.42. The third kappa shape index (κ3) is 3.23. The van der Waals surface area contributed by atoms with E-state index in [9.17, 15) is 5.11 Å². The quantitative estimate of drug-likeness (QED) is 0.776. The second-order valence-electron chi connectivity index (χ2n) is 4.69. The van der Waals surface area contributed by atoms with Gasteiger partial charge in [-0.25, -0.2) is 4.98 Å². The van der Waals surface area contributed by atoms with Gasteiger partial charge in [0.1, 0.15) is 12.4 Å². The lowest BCUT2D eigenvalue weighted by atomic mass is 10.2. The Kier molecular flexibility index (Phi) is 4.18. The number of halogens is 1. The van der Waals surface area contributed by atoms with Crippen molar-refractivity contribution in [2.24, 2.45) is 0 Å². The highest BCUT2D eigenvalue weighted by Gasteiger charge is 2.05. The second-order valence-corrected chi connectivity index (χ2v) is 5.61. The van der Waals surface area contributed by atoms with Crippen LogP contribution in [0.3, 0.4) is 0 Å². The second kappa shape index (κ2) is 6.24. The number of aliphatic hydroxyl groups excluding tert-OH is 1. The third-order valence-electron chi connectivity index (χ3n) is 3.22. The Balaban J connectivity index is 1.80. The van der Waals surface area contributed by atoms with Crippen LogP contribution in [0, 0.1) is 0 Å². The first-order valence-electron chi connectivity index (χ1n) is 6.63. The number of fused-ring (bicyclic) bond motifs is 1. The standard InChI is InChI=1S/C17H14BrNO2/c18-14-6-8-17(13(9-14)10-20)21-11-15-7-5-12-3-1-2-4-16(12)19-15/h1-9,20H,10-11H2. The molecule has 0 spiro atoms. The molecule has 0 amide bonds. The van der Waals surface area contributed by atoms with Crippen LogP contribution in [0.2, 0.25) is 0 Å². The van der Waals surface area contributed by atoms with Crippen molar-refractivity contribution in [3.63, 3.8) is 0 Å². The zero-order valence-electron chi connectivity index (χ0n) is 11.3. The first-order chi connectivity index (χ1) is 10.3. The SMILES string of the molecule is OCc1cc(Br)ccc1OCc1ccc2ccccc2n1.